The quantitative estimate of drug-likeness (QED) is 0.400. The molecule has 29 heavy (non-hydrogen) atoms. The Balaban J connectivity index is 1.88. The molecule has 0 aliphatic rings. The number of hydrogen-bond acceptors (Lipinski definition) is 6. The Bertz CT molecular complexity index is 1110. The first kappa shape index (κ1) is 20.3. The van der Waals surface area contributed by atoms with Crippen molar-refractivity contribution in [3.8, 4) is 16.2 Å². The highest BCUT2D eigenvalue weighted by molar-refractivity contribution is 7.18. The minimum Gasteiger partial charge on any atom is -0.477 e. The van der Waals surface area contributed by atoms with Gasteiger partial charge < -0.3 is 9.84 Å². The van der Waals surface area contributed by atoms with Crippen LogP contribution >= 0.6 is 22.9 Å². The minimum absolute atomic E-state index is 0.0712. The molecule has 0 fully saturated rings. The van der Waals surface area contributed by atoms with Crippen molar-refractivity contribution in [3.63, 3.8) is 0 Å². The predicted octanol–water partition coefficient (Wildman–Crippen LogP) is 5.59. The number of benzene rings is 2. The van der Waals surface area contributed by atoms with Crippen molar-refractivity contribution in [1.82, 2.24) is 0 Å². The monoisotopic (exact) mass is 432 g/mol. The fraction of sp³-hybridized carbons (Fsp3) is 0.0526. The van der Waals surface area contributed by atoms with E-state index < -0.39 is 17.0 Å². The van der Waals surface area contributed by atoms with E-state index in [1.54, 1.807) is 31.2 Å². The van der Waals surface area contributed by atoms with Crippen molar-refractivity contribution in [2.24, 2.45) is 0 Å². The normalized spacial score (nSPS) is 10.4. The number of carbonyl (C=O) groups is 2. The van der Waals surface area contributed by atoms with Crippen LogP contribution in [0.1, 0.15) is 15.2 Å². The predicted molar refractivity (Wildman–Crippen MR) is 109 cm³/mol. The fourth-order valence-corrected chi connectivity index (χ4v) is 4.01. The van der Waals surface area contributed by atoms with Gasteiger partial charge in [0.2, 0.25) is 0 Å². The molecule has 1 amide bonds. The zero-order valence-electron chi connectivity index (χ0n) is 14.8. The fourth-order valence-electron chi connectivity index (χ4n) is 2.59. The van der Waals surface area contributed by atoms with Crippen LogP contribution in [0.2, 0.25) is 5.02 Å². The third-order valence-corrected chi connectivity index (χ3v) is 5.59. The van der Waals surface area contributed by atoms with Crippen LogP contribution in [-0.2, 0) is 0 Å². The van der Waals surface area contributed by atoms with Crippen molar-refractivity contribution in [3.05, 3.63) is 74.1 Å². The molecule has 0 aliphatic carbocycles. The summed E-state index contributed by atoms with van der Waals surface area (Å²) in [5.41, 5.74) is 1.13. The summed E-state index contributed by atoms with van der Waals surface area (Å²) in [6.45, 7) is 1.67. The number of hydrogen-bond donors (Lipinski definition) is 2. The molecule has 3 aromatic rings. The number of carboxylic acids is 1. The van der Waals surface area contributed by atoms with Crippen LogP contribution in [0.5, 0.6) is 5.75 Å². The number of carbonyl (C=O) groups excluding carboxylic acids is 1. The molecular weight excluding hydrogens is 420 g/mol. The highest BCUT2D eigenvalue weighted by Crippen LogP contribution is 2.42. The molecule has 0 bridgehead atoms. The van der Waals surface area contributed by atoms with Crippen molar-refractivity contribution in [2.75, 3.05) is 5.32 Å². The Labute approximate surface area is 173 Å². The van der Waals surface area contributed by atoms with Crippen LogP contribution in [-0.4, -0.2) is 22.1 Å². The molecule has 2 N–H and O–H groups in total. The number of amides is 1. The summed E-state index contributed by atoms with van der Waals surface area (Å²) in [6, 6.07) is 11.9. The number of carboxylic acid groups (broad SMARTS) is 1. The Hall–Kier alpha value is -3.43. The number of anilines is 1. The van der Waals surface area contributed by atoms with Gasteiger partial charge in [0.25, 0.3) is 5.69 Å². The third kappa shape index (κ3) is 4.36. The van der Waals surface area contributed by atoms with Crippen LogP contribution in [0.3, 0.4) is 0 Å². The smallest absolute Gasteiger partial charge is 0.417 e. The summed E-state index contributed by atoms with van der Waals surface area (Å²) < 4.78 is 5.09. The largest absolute Gasteiger partial charge is 0.477 e. The van der Waals surface area contributed by atoms with E-state index in [-0.39, 0.29) is 22.0 Å². The first-order valence-corrected chi connectivity index (χ1v) is 9.32. The molecule has 1 heterocycles. The standard InChI is InChI=1S/C19H13ClN2O6S/c1-10-15(21-19(25)28-12-8-6-11(7-9-12)22(26)27)17(18(23)24)29-16(10)13-4-2-3-5-14(13)20/h2-9H,1H3,(H,21,25)(H,23,24). The summed E-state index contributed by atoms with van der Waals surface area (Å²) >= 11 is 7.20. The maximum atomic E-state index is 12.3. The van der Waals surface area contributed by atoms with Gasteiger partial charge in [-0.1, -0.05) is 29.8 Å². The molecule has 1 aromatic heterocycles. The van der Waals surface area contributed by atoms with Crippen molar-refractivity contribution < 1.29 is 24.4 Å². The summed E-state index contributed by atoms with van der Waals surface area (Å²) in [4.78, 5) is 34.6. The second-order valence-corrected chi connectivity index (χ2v) is 7.24. The topological polar surface area (TPSA) is 119 Å². The minimum atomic E-state index is -1.21. The molecule has 3 rings (SSSR count). The van der Waals surface area contributed by atoms with Gasteiger partial charge in [0, 0.05) is 27.6 Å². The first-order chi connectivity index (χ1) is 13.8. The SMILES string of the molecule is Cc1c(-c2ccccc2Cl)sc(C(=O)O)c1NC(=O)Oc1ccc([N+](=O)[O-])cc1. The lowest BCUT2D eigenvalue weighted by Crippen LogP contribution is -2.18. The van der Waals surface area contributed by atoms with E-state index in [1.807, 2.05) is 0 Å². The number of nitro benzene ring substituents is 1. The second kappa shape index (κ2) is 8.29. The van der Waals surface area contributed by atoms with Gasteiger partial charge in [-0.2, -0.15) is 0 Å². The van der Waals surface area contributed by atoms with Crippen molar-refractivity contribution in [1.29, 1.82) is 0 Å². The van der Waals surface area contributed by atoms with Crippen LogP contribution in [0.4, 0.5) is 16.2 Å². The summed E-state index contributed by atoms with van der Waals surface area (Å²) in [5.74, 6) is -1.13. The Morgan fingerprint density at radius 3 is 2.41 bits per heavy atom. The zero-order valence-corrected chi connectivity index (χ0v) is 16.4. The van der Waals surface area contributed by atoms with E-state index in [0.717, 1.165) is 11.3 Å². The molecule has 0 unspecified atom stereocenters. The highest BCUT2D eigenvalue weighted by Gasteiger charge is 2.24. The lowest BCUT2D eigenvalue weighted by molar-refractivity contribution is -0.384. The average molecular weight is 433 g/mol. The molecule has 0 atom stereocenters. The molecule has 0 spiro atoms. The van der Waals surface area contributed by atoms with E-state index in [9.17, 15) is 24.8 Å². The van der Waals surface area contributed by atoms with Crippen molar-refractivity contribution >= 4 is 46.4 Å². The van der Waals surface area contributed by atoms with Gasteiger partial charge in [-0.15, -0.1) is 11.3 Å². The lowest BCUT2D eigenvalue weighted by atomic mass is 10.1. The van der Waals surface area contributed by atoms with Gasteiger partial charge in [0.1, 0.15) is 10.6 Å². The number of aromatic carboxylic acids is 1. The molecule has 2 aromatic carbocycles. The average Bonchev–Trinajstić information content (AvgIpc) is 2.99. The number of ether oxygens (including phenoxy) is 1. The van der Waals surface area contributed by atoms with Gasteiger partial charge in [0.15, 0.2) is 0 Å². The number of rotatable bonds is 5. The molecular formula is C19H13ClN2O6S. The van der Waals surface area contributed by atoms with E-state index in [4.69, 9.17) is 16.3 Å². The Morgan fingerprint density at radius 2 is 1.83 bits per heavy atom. The number of nitro groups is 1. The van der Waals surface area contributed by atoms with Crippen LogP contribution in [0, 0.1) is 17.0 Å². The van der Waals surface area contributed by atoms with E-state index in [1.165, 1.54) is 24.3 Å². The van der Waals surface area contributed by atoms with Gasteiger partial charge in [0.05, 0.1) is 10.6 Å². The van der Waals surface area contributed by atoms with Crippen LogP contribution < -0.4 is 10.1 Å². The first-order valence-electron chi connectivity index (χ1n) is 8.12. The molecule has 0 aliphatic heterocycles. The van der Waals surface area contributed by atoms with Crippen LogP contribution in [0.25, 0.3) is 10.4 Å². The zero-order chi connectivity index (χ0) is 21.1. The summed E-state index contributed by atoms with van der Waals surface area (Å²) in [6.07, 6.45) is -0.923. The Kier molecular flexibility index (Phi) is 5.81. The third-order valence-electron chi connectivity index (χ3n) is 3.94. The number of thiophene rings is 1. The summed E-state index contributed by atoms with van der Waals surface area (Å²) in [7, 11) is 0. The lowest BCUT2D eigenvalue weighted by Gasteiger charge is -2.08. The van der Waals surface area contributed by atoms with Crippen LogP contribution in [0.15, 0.2) is 48.5 Å². The van der Waals surface area contributed by atoms with E-state index in [2.05, 4.69) is 5.32 Å². The van der Waals surface area contributed by atoms with E-state index >= 15 is 0 Å². The van der Waals surface area contributed by atoms with Gasteiger partial charge in [-0.05, 0) is 30.7 Å². The number of nitrogens with one attached hydrogen (secondary N) is 1. The molecule has 8 nitrogen and oxygen atoms in total. The number of halogens is 1. The Morgan fingerprint density at radius 1 is 1.17 bits per heavy atom. The van der Waals surface area contributed by atoms with Gasteiger partial charge >= 0.3 is 12.1 Å². The van der Waals surface area contributed by atoms with E-state index in [0.29, 0.717) is 21.0 Å². The summed E-state index contributed by atoms with van der Waals surface area (Å²) in [5, 5.41) is 23.1. The number of nitrogens with zero attached hydrogens (tertiary/aromatic N) is 1. The molecule has 148 valence electrons. The maximum Gasteiger partial charge on any atom is 0.417 e. The number of non-ortho nitro benzene ring substituents is 1. The molecule has 0 radical (unpaired) electrons. The highest BCUT2D eigenvalue weighted by atomic mass is 35.5. The second-order valence-electron chi connectivity index (χ2n) is 5.81. The van der Waals surface area contributed by atoms with Crippen molar-refractivity contribution in [2.45, 2.75) is 6.92 Å². The molecule has 0 saturated carbocycles. The molecule has 0 saturated heterocycles. The van der Waals surface area contributed by atoms with Gasteiger partial charge in [-0.25, -0.2) is 9.59 Å². The van der Waals surface area contributed by atoms with Gasteiger partial charge in [-0.3, -0.25) is 15.4 Å². The maximum absolute atomic E-state index is 12.3. The molecule has 10 heteroatoms.